The minimum atomic E-state index is 0.437. The molecule has 0 radical (unpaired) electrons. The second-order valence-electron chi connectivity index (χ2n) is 6.04. The first-order chi connectivity index (χ1) is 9.69. The molecule has 2 rings (SSSR count). The molecule has 2 unspecified atom stereocenters. The Labute approximate surface area is 123 Å². The van der Waals surface area contributed by atoms with Crippen molar-refractivity contribution < 1.29 is 4.74 Å². The van der Waals surface area contributed by atoms with Crippen LogP contribution in [0.4, 0.5) is 5.69 Å². The lowest BCUT2D eigenvalue weighted by Crippen LogP contribution is -2.34. The number of ether oxygens (including phenoxy) is 1. The molecule has 0 spiro atoms. The molecule has 1 fully saturated rings. The number of anilines is 1. The van der Waals surface area contributed by atoms with E-state index >= 15 is 0 Å². The largest absolute Gasteiger partial charge is 0.382 e. The molecule has 1 aromatic rings. The Morgan fingerprint density at radius 1 is 1.30 bits per heavy atom. The van der Waals surface area contributed by atoms with E-state index in [1.165, 1.54) is 24.1 Å². The number of nitrogens with one attached hydrogen (secondary N) is 1. The molecule has 1 heterocycles. The van der Waals surface area contributed by atoms with Crippen molar-refractivity contribution in [1.82, 2.24) is 4.90 Å². The molecule has 20 heavy (non-hydrogen) atoms. The van der Waals surface area contributed by atoms with Gasteiger partial charge >= 0.3 is 0 Å². The summed E-state index contributed by atoms with van der Waals surface area (Å²) in [4.78, 5) is 2.21. The summed E-state index contributed by atoms with van der Waals surface area (Å²) in [6.07, 6.45) is 5.06. The Morgan fingerprint density at radius 2 is 2.10 bits per heavy atom. The van der Waals surface area contributed by atoms with Crippen LogP contribution in [-0.4, -0.2) is 37.7 Å². The van der Waals surface area contributed by atoms with Gasteiger partial charge in [0, 0.05) is 24.9 Å². The van der Waals surface area contributed by atoms with Crippen LogP contribution < -0.4 is 5.32 Å². The maximum atomic E-state index is 5.83. The third kappa shape index (κ3) is 4.50. The van der Waals surface area contributed by atoms with Crippen molar-refractivity contribution in [3.05, 3.63) is 29.8 Å². The van der Waals surface area contributed by atoms with Gasteiger partial charge in [0.25, 0.3) is 0 Å². The van der Waals surface area contributed by atoms with Crippen LogP contribution in [0.25, 0.3) is 0 Å². The van der Waals surface area contributed by atoms with Crippen molar-refractivity contribution in [3.8, 4) is 0 Å². The van der Waals surface area contributed by atoms with Crippen molar-refractivity contribution in [2.45, 2.75) is 51.3 Å². The lowest BCUT2D eigenvalue weighted by atomic mass is 9.99. The van der Waals surface area contributed by atoms with Crippen molar-refractivity contribution >= 4 is 5.69 Å². The molecule has 0 saturated carbocycles. The molecule has 1 N–H and O–H groups in total. The van der Waals surface area contributed by atoms with Gasteiger partial charge in [-0.1, -0.05) is 31.5 Å². The molecule has 112 valence electrons. The molecule has 0 aliphatic carbocycles. The highest BCUT2D eigenvalue weighted by atomic mass is 16.5. The van der Waals surface area contributed by atoms with E-state index in [1.54, 1.807) is 0 Å². The molecular formula is C17H28N2O. The standard InChI is InChI=1S/C17H28N2O/c1-4-7-16-12-15(10-11-20-16)18-17-9-6-5-8-14(17)13-19(2)3/h5-6,8-9,15-16,18H,4,7,10-13H2,1-3H3. The van der Waals surface area contributed by atoms with Crippen LogP contribution in [0.1, 0.15) is 38.2 Å². The molecule has 0 amide bonds. The lowest BCUT2D eigenvalue weighted by molar-refractivity contribution is 0.00596. The van der Waals surface area contributed by atoms with E-state index in [-0.39, 0.29) is 0 Å². The van der Waals surface area contributed by atoms with E-state index in [9.17, 15) is 0 Å². The highest BCUT2D eigenvalue weighted by Crippen LogP contribution is 2.24. The van der Waals surface area contributed by atoms with Crippen LogP contribution in [0, 0.1) is 0 Å². The van der Waals surface area contributed by atoms with Crippen LogP contribution in [-0.2, 0) is 11.3 Å². The first-order valence-corrected chi connectivity index (χ1v) is 7.79. The molecule has 1 aliphatic rings. The van der Waals surface area contributed by atoms with Gasteiger partial charge in [0.05, 0.1) is 6.10 Å². The summed E-state index contributed by atoms with van der Waals surface area (Å²) >= 11 is 0. The predicted molar refractivity (Wildman–Crippen MR) is 85.1 cm³/mol. The van der Waals surface area contributed by atoms with Gasteiger partial charge in [0.2, 0.25) is 0 Å². The van der Waals surface area contributed by atoms with Crippen LogP contribution in [0.5, 0.6) is 0 Å². The van der Waals surface area contributed by atoms with Crippen LogP contribution in [0.15, 0.2) is 24.3 Å². The Hall–Kier alpha value is -1.06. The van der Waals surface area contributed by atoms with Gasteiger partial charge in [-0.15, -0.1) is 0 Å². The molecule has 3 heteroatoms. The maximum absolute atomic E-state index is 5.83. The van der Waals surface area contributed by atoms with Crippen molar-refractivity contribution in [2.24, 2.45) is 0 Å². The summed E-state index contributed by atoms with van der Waals surface area (Å²) in [5.74, 6) is 0. The maximum Gasteiger partial charge on any atom is 0.0594 e. The second kappa shape index (κ2) is 7.65. The van der Waals surface area contributed by atoms with Crippen molar-refractivity contribution in [2.75, 3.05) is 26.0 Å². The van der Waals surface area contributed by atoms with Gasteiger partial charge in [-0.3, -0.25) is 0 Å². The highest BCUT2D eigenvalue weighted by Gasteiger charge is 2.22. The zero-order valence-electron chi connectivity index (χ0n) is 13.1. The fraction of sp³-hybridized carbons (Fsp3) is 0.647. The van der Waals surface area contributed by atoms with Gasteiger partial charge in [-0.2, -0.15) is 0 Å². The number of hydrogen-bond donors (Lipinski definition) is 1. The van der Waals surface area contributed by atoms with Gasteiger partial charge in [0.15, 0.2) is 0 Å². The Kier molecular flexibility index (Phi) is 5.86. The Morgan fingerprint density at radius 3 is 2.85 bits per heavy atom. The van der Waals surface area contributed by atoms with E-state index < -0.39 is 0 Å². The smallest absolute Gasteiger partial charge is 0.0594 e. The molecular weight excluding hydrogens is 248 g/mol. The van der Waals surface area contributed by atoms with E-state index in [2.05, 4.69) is 55.5 Å². The average Bonchev–Trinajstić information content (AvgIpc) is 2.41. The minimum absolute atomic E-state index is 0.437. The van der Waals surface area contributed by atoms with Crippen molar-refractivity contribution in [1.29, 1.82) is 0 Å². The fourth-order valence-electron chi connectivity index (χ4n) is 2.89. The summed E-state index contributed by atoms with van der Waals surface area (Å²) in [7, 11) is 4.23. The van der Waals surface area contributed by atoms with E-state index in [4.69, 9.17) is 4.74 Å². The third-order valence-corrected chi connectivity index (χ3v) is 3.84. The number of hydrogen-bond acceptors (Lipinski definition) is 3. The second-order valence-corrected chi connectivity index (χ2v) is 6.04. The quantitative estimate of drug-likeness (QED) is 0.860. The summed E-state index contributed by atoms with van der Waals surface area (Å²) in [5.41, 5.74) is 2.65. The zero-order valence-corrected chi connectivity index (χ0v) is 13.1. The van der Waals surface area contributed by atoms with Crippen LogP contribution in [0.2, 0.25) is 0 Å². The van der Waals surface area contributed by atoms with Gasteiger partial charge in [0.1, 0.15) is 0 Å². The first-order valence-electron chi connectivity index (χ1n) is 7.79. The molecule has 2 atom stereocenters. The highest BCUT2D eigenvalue weighted by molar-refractivity contribution is 5.51. The Bertz CT molecular complexity index is 404. The number of nitrogens with zero attached hydrogens (tertiary/aromatic N) is 1. The molecule has 0 bridgehead atoms. The minimum Gasteiger partial charge on any atom is -0.382 e. The zero-order chi connectivity index (χ0) is 14.4. The molecule has 0 aromatic heterocycles. The number of rotatable bonds is 6. The van der Waals surface area contributed by atoms with Gasteiger partial charge in [-0.25, -0.2) is 0 Å². The number of para-hydroxylation sites is 1. The summed E-state index contributed by atoms with van der Waals surface area (Å²) < 4.78 is 5.83. The van der Waals surface area contributed by atoms with Gasteiger partial charge in [-0.05, 0) is 45.0 Å². The molecule has 3 nitrogen and oxygen atoms in total. The molecule has 1 aromatic carbocycles. The summed E-state index contributed by atoms with van der Waals surface area (Å²) in [6, 6.07) is 9.19. The van der Waals surface area contributed by atoms with E-state index in [0.717, 1.165) is 26.0 Å². The summed E-state index contributed by atoms with van der Waals surface area (Å²) in [5, 5.41) is 3.74. The average molecular weight is 276 g/mol. The lowest BCUT2D eigenvalue weighted by Gasteiger charge is -2.31. The number of benzene rings is 1. The molecule has 1 aliphatic heterocycles. The van der Waals surface area contributed by atoms with Gasteiger partial charge < -0.3 is 15.0 Å². The van der Waals surface area contributed by atoms with E-state index in [1.807, 2.05) is 0 Å². The normalized spacial score (nSPS) is 23.0. The van der Waals surface area contributed by atoms with E-state index in [0.29, 0.717) is 12.1 Å². The summed E-state index contributed by atoms with van der Waals surface area (Å²) in [6.45, 7) is 4.09. The predicted octanol–water partition coefficient (Wildman–Crippen LogP) is 3.51. The first kappa shape index (κ1) is 15.3. The monoisotopic (exact) mass is 276 g/mol. The molecule has 1 saturated heterocycles. The Balaban J connectivity index is 1.98. The third-order valence-electron chi connectivity index (χ3n) is 3.84. The SMILES string of the molecule is CCCC1CC(Nc2ccccc2CN(C)C)CCO1. The van der Waals surface area contributed by atoms with Crippen LogP contribution in [0.3, 0.4) is 0 Å². The topological polar surface area (TPSA) is 24.5 Å². The fourth-order valence-corrected chi connectivity index (χ4v) is 2.89. The van der Waals surface area contributed by atoms with Crippen molar-refractivity contribution in [3.63, 3.8) is 0 Å². The van der Waals surface area contributed by atoms with Crippen LogP contribution >= 0.6 is 0 Å².